The van der Waals surface area contributed by atoms with Crippen molar-refractivity contribution in [3.63, 3.8) is 0 Å². The zero-order chi connectivity index (χ0) is 13.1. The predicted octanol–water partition coefficient (Wildman–Crippen LogP) is 3.56. The van der Waals surface area contributed by atoms with Gasteiger partial charge in [0.1, 0.15) is 22.6 Å². The van der Waals surface area contributed by atoms with E-state index < -0.39 is 11.6 Å². The predicted molar refractivity (Wildman–Crippen MR) is 65.6 cm³/mol. The Balaban J connectivity index is 2.30. The van der Waals surface area contributed by atoms with E-state index in [1.807, 2.05) is 6.92 Å². The summed E-state index contributed by atoms with van der Waals surface area (Å²) in [6.45, 7) is 1.95. The van der Waals surface area contributed by atoms with Crippen LogP contribution in [-0.2, 0) is 12.8 Å². The van der Waals surface area contributed by atoms with Gasteiger partial charge >= 0.3 is 0 Å². The van der Waals surface area contributed by atoms with Gasteiger partial charge in [-0.15, -0.1) is 0 Å². The third kappa shape index (κ3) is 3.01. The van der Waals surface area contributed by atoms with E-state index >= 15 is 0 Å². The minimum Gasteiger partial charge on any atom is -0.237 e. The van der Waals surface area contributed by atoms with Gasteiger partial charge in [-0.1, -0.05) is 24.6 Å². The molecule has 18 heavy (non-hydrogen) atoms. The molecule has 0 unspecified atom stereocenters. The van der Waals surface area contributed by atoms with Crippen LogP contribution in [0, 0.1) is 11.6 Å². The quantitative estimate of drug-likeness (QED) is 0.796. The number of hydrogen-bond donors (Lipinski definition) is 0. The van der Waals surface area contributed by atoms with Crippen LogP contribution in [0.5, 0.6) is 0 Å². The number of rotatable bonds is 3. The maximum atomic E-state index is 13.5. The summed E-state index contributed by atoms with van der Waals surface area (Å²) >= 11 is 5.86. The number of hydrogen-bond acceptors (Lipinski definition) is 2. The van der Waals surface area contributed by atoms with Crippen molar-refractivity contribution in [2.45, 2.75) is 19.8 Å². The lowest BCUT2D eigenvalue weighted by molar-refractivity contribution is 0.573. The van der Waals surface area contributed by atoms with Crippen LogP contribution in [0.1, 0.15) is 24.0 Å². The van der Waals surface area contributed by atoms with Gasteiger partial charge in [0.25, 0.3) is 0 Å². The zero-order valence-electron chi connectivity index (χ0n) is 9.75. The Labute approximate surface area is 109 Å². The largest absolute Gasteiger partial charge is 0.237 e. The van der Waals surface area contributed by atoms with E-state index in [4.69, 9.17) is 11.6 Å². The molecule has 2 nitrogen and oxygen atoms in total. The summed E-state index contributed by atoms with van der Waals surface area (Å²) in [4.78, 5) is 8.29. The minimum absolute atomic E-state index is 0.194. The van der Waals surface area contributed by atoms with E-state index in [2.05, 4.69) is 9.97 Å². The topological polar surface area (TPSA) is 25.8 Å². The van der Waals surface area contributed by atoms with Crippen LogP contribution >= 0.6 is 11.6 Å². The molecule has 0 fully saturated rings. The van der Waals surface area contributed by atoms with Gasteiger partial charge in [-0.05, 0) is 24.1 Å². The second-order valence-electron chi connectivity index (χ2n) is 3.86. The number of aromatic nitrogens is 2. The van der Waals surface area contributed by atoms with Crippen LogP contribution in [0.15, 0.2) is 24.3 Å². The molecule has 0 aliphatic heterocycles. The molecule has 0 atom stereocenters. The Hall–Kier alpha value is -1.55. The average Bonchev–Trinajstić information content (AvgIpc) is 2.32. The monoisotopic (exact) mass is 268 g/mol. The second-order valence-corrected chi connectivity index (χ2v) is 4.25. The molecular formula is C13H11ClF2N2. The third-order valence-corrected chi connectivity index (χ3v) is 2.71. The van der Waals surface area contributed by atoms with E-state index in [-0.39, 0.29) is 6.42 Å². The summed E-state index contributed by atoms with van der Waals surface area (Å²) in [6.07, 6.45) is 0.917. The molecule has 1 heterocycles. The lowest BCUT2D eigenvalue weighted by atomic mass is 10.1. The van der Waals surface area contributed by atoms with E-state index in [0.717, 1.165) is 18.2 Å². The van der Waals surface area contributed by atoms with E-state index in [1.165, 1.54) is 12.1 Å². The summed E-state index contributed by atoms with van der Waals surface area (Å²) in [6, 6.07) is 5.12. The van der Waals surface area contributed by atoms with E-state index in [9.17, 15) is 8.78 Å². The molecule has 2 rings (SSSR count). The van der Waals surface area contributed by atoms with Crippen LogP contribution in [0.2, 0.25) is 5.15 Å². The molecule has 0 bridgehead atoms. The van der Waals surface area contributed by atoms with Gasteiger partial charge in [0.05, 0.1) is 0 Å². The summed E-state index contributed by atoms with van der Waals surface area (Å²) in [5.41, 5.74) is 1.15. The molecule has 1 aromatic heterocycles. The first-order chi connectivity index (χ1) is 8.58. The first-order valence-electron chi connectivity index (χ1n) is 5.54. The molecule has 0 amide bonds. The van der Waals surface area contributed by atoms with Gasteiger partial charge in [0.15, 0.2) is 0 Å². The Bertz CT molecular complexity index is 573. The molecule has 5 heteroatoms. The highest BCUT2D eigenvalue weighted by molar-refractivity contribution is 6.29. The molecule has 2 aromatic rings. The van der Waals surface area contributed by atoms with Crippen molar-refractivity contribution < 1.29 is 8.78 Å². The molecule has 0 saturated carbocycles. The van der Waals surface area contributed by atoms with Gasteiger partial charge in [0.2, 0.25) is 0 Å². The fourth-order valence-electron chi connectivity index (χ4n) is 1.61. The molecule has 0 aliphatic carbocycles. The normalized spacial score (nSPS) is 10.7. The lowest BCUT2D eigenvalue weighted by Crippen LogP contribution is -2.02. The number of benzene rings is 1. The van der Waals surface area contributed by atoms with Crippen LogP contribution in [0.25, 0.3) is 0 Å². The van der Waals surface area contributed by atoms with E-state index in [1.54, 1.807) is 6.07 Å². The summed E-state index contributed by atoms with van der Waals surface area (Å²) in [5, 5.41) is 0.333. The molecule has 0 radical (unpaired) electrons. The summed E-state index contributed by atoms with van der Waals surface area (Å²) < 4.78 is 26.3. The number of halogens is 3. The molecule has 1 aromatic carbocycles. The zero-order valence-corrected chi connectivity index (χ0v) is 10.5. The van der Waals surface area contributed by atoms with Crippen molar-refractivity contribution in [1.29, 1.82) is 0 Å². The fraction of sp³-hybridized carbons (Fsp3) is 0.231. The molecular weight excluding hydrogens is 258 g/mol. The standard InChI is InChI=1S/C13H11ClF2N2/c1-2-10-7-12(14)18-13(17-10)5-8-3-4-9(15)6-11(8)16/h3-4,6-7H,2,5H2,1H3. The number of nitrogens with zero attached hydrogens (tertiary/aromatic N) is 2. The van der Waals surface area contributed by atoms with Crippen molar-refractivity contribution in [1.82, 2.24) is 9.97 Å². The van der Waals surface area contributed by atoms with Gasteiger partial charge in [0, 0.05) is 18.2 Å². The SMILES string of the molecule is CCc1cc(Cl)nc(Cc2ccc(F)cc2F)n1. The molecule has 94 valence electrons. The van der Waals surface area contributed by atoms with Crippen molar-refractivity contribution in [2.24, 2.45) is 0 Å². The highest BCUT2D eigenvalue weighted by Crippen LogP contribution is 2.15. The first kappa shape index (κ1) is 12.9. The van der Waals surface area contributed by atoms with Gasteiger partial charge in [-0.25, -0.2) is 18.7 Å². The number of aryl methyl sites for hydroxylation is 1. The maximum absolute atomic E-state index is 13.5. The Morgan fingerprint density at radius 1 is 1.17 bits per heavy atom. The summed E-state index contributed by atoms with van der Waals surface area (Å²) in [5.74, 6) is -0.765. The van der Waals surface area contributed by atoms with Gasteiger partial charge < -0.3 is 0 Å². The minimum atomic E-state index is -0.600. The Morgan fingerprint density at radius 3 is 2.61 bits per heavy atom. The highest BCUT2D eigenvalue weighted by Gasteiger charge is 2.08. The summed E-state index contributed by atoms with van der Waals surface area (Å²) in [7, 11) is 0. The van der Waals surface area contributed by atoms with E-state index in [0.29, 0.717) is 16.5 Å². The van der Waals surface area contributed by atoms with Crippen LogP contribution in [0.4, 0.5) is 8.78 Å². The van der Waals surface area contributed by atoms with Crippen molar-refractivity contribution in [3.05, 3.63) is 58.1 Å². The Kier molecular flexibility index (Phi) is 3.87. The maximum Gasteiger partial charge on any atom is 0.134 e. The molecule has 0 spiro atoms. The van der Waals surface area contributed by atoms with Crippen LogP contribution in [-0.4, -0.2) is 9.97 Å². The van der Waals surface area contributed by atoms with Crippen LogP contribution in [0.3, 0.4) is 0 Å². The third-order valence-electron chi connectivity index (χ3n) is 2.52. The fourth-order valence-corrected chi connectivity index (χ4v) is 1.84. The molecule has 0 N–H and O–H groups in total. The Morgan fingerprint density at radius 2 is 1.94 bits per heavy atom. The lowest BCUT2D eigenvalue weighted by Gasteiger charge is -2.05. The van der Waals surface area contributed by atoms with Gasteiger partial charge in [-0.2, -0.15) is 0 Å². The van der Waals surface area contributed by atoms with Crippen molar-refractivity contribution in [3.8, 4) is 0 Å². The van der Waals surface area contributed by atoms with Crippen LogP contribution < -0.4 is 0 Å². The van der Waals surface area contributed by atoms with Crippen molar-refractivity contribution >= 4 is 11.6 Å². The molecule has 0 aliphatic rings. The molecule has 0 saturated heterocycles. The second kappa shape index (κ2) is 5.40. The smallest absolute Gasteiger partial charge is 0.134 e. The van der Waals surface area contributed by atoms with Gasteiger partial charge in [-0.3, -0.25) is 0 Å². The highest BCUT2D eigenvalue weighted by atomic mass is 35.5. The van der Waals surface area contributed by atoms with Crippen molar-refractivity contribution in [2.75, 3.05) is 0 Å². The average molecular weight is 269 g/mol. The first-order valence-corrected chi connectivity index (χ1v) is 5.92.